The summed E-state index contributed by atoms with van der Waals surface area (Å²) in [6.45, 7) is 7.09. The molecule has 1 rings (SSSR count). The second-order valence-corrected chi connectivity index (χ2v) is 6.11. The summed E-state index contributed by atoms with van der Waals surface area (Å²) in [6, 6.07) is 6.56. The van der Waals surface area contributed by atoms with Crippen molar-refractivity contribution in [3.8, 4) is 0 Å². The SMILES string of the molecule is C[C@@H](C=O)[C@@H](NC(=O)OC(C)(C)C)c1ccc(Cl)cc1. The van der Waals surface area contributed by atoms with E-state index in [2.05, 4.69) is 5.32 Å². The highest BCUT2D eigenvalue weighted by Gasteiger charge is 2.24. The minimum absolute atomic E-state index is 0.372. The predicted molar refractivity (Wildman–Crippen MR) is 78.8 cm³/mol. The van der Waals surface area contributed by atoms with Gasteiger partial charge in [-0.3, -0.25) is 0 Å². The molecule has 0 aliphatic rings. The average molecular weight is 298 g/mol. The molecular weight excluding hydrogens is 278 g/mol. The Labute approximate surface area is 124 Å². The Hall–Kier alpha value is -1.55. The van der Waals surface area contributed by atoms with Crippen LogP contribution in [0.15, 0.2) is 24.3 Å². The van der Waals surface area contributed by atoms with Crippen molar-refractivity contribution in [3.63, 3.8) is 0 Å². The molecule has 0 aromatic heterocycles. The lowest BCUT2D eigenvalue weighted by Gasteiger charge is -2.25. The Morgan fingerprint density at radius 3 is 2.30 bits per heavy atom. The second-order valence-electron chi connectivity index (χ2n) is 5.67. The number of carbonyl (C=O) groups is 2. The van der Waals surface area contributed by atoms with Crippen molar-refractivity contribution in [3.05, 3.63) is 34.9 Å². The van der Waals surface area contributed by atoms with E-state index < -0.39 is 17.7 Å². The van der Waals surface area contributed by atoms with E-state index >= 15 is 0 Å². The second kappa shape index (κ2) is 6.75. The van der Waals surface area contributed by atoms with Crippen molar-refractivity contribution in [1.29, 1.82) is 0 Å². The molecule has 0 fully saturated rings. The normalized spacial score (nSPS) is 14.2. The molecule has 0 unspecified atom stereocenters. The summed E-state index contributed by atoms with van der Waals surface area (Å²) >= 11 is 5.84. The van der Waals surface area contributed by atoms with Gasteiger partial charge in [-0.1, -0.05) is 30.7 Å². The molecule has 5 heteroatoms. The van der Waals surface area contributed by atoms with Gasteiger partial charge in [0.15, 0.2) is 0 Å². The molecule has 110 valence electrons. The standard InChI is InChI=1S/C15H20ClNO3/c1-10(9-18)13(11-5-7-12(16)8-6-11)17-14(19)20-15(2,3)4/h5-10,13H,1-4H3,(H,17,19)/t10-,13+/m0/s1. The lowest BCUT2D eigenvalue weighted by Crippen LogP contribution is -2.37. The summed E-state index contributed by atoms with van der Waals surface area (Å²) in [6.07, 6.45) is 0.252. The molecule has 0 radical (unpaired) electrons. The summed E-state index contributed by atoms with van der Waals surface area (Å²) < 4.78 is 5.22. The molecule has 1 N–H and O–H groups in total. The van der Waals surface area contributed by atoms with Gasteiger partial charge in [0, 0.05) is 10.9 Å². The molecule has 0 heterocycles. The van der Waals surface area contributed by atoms with Crippen molar-refractivity contribution in [2.75, 3.05) is 0 Å². The van der Waals surface area contributed by atoms with E-state index in [0.717, 1.165) is 11.8 Å². The fourth-order valence-corrected chi connectivity index (χ4v) is 1.83. The third kappa shape index (κ3) is 5.21. The maximum Gasteiger partial charge on any atom is 0.408 e. The van der Waals surface area contributed by atoms with Crippen LogP contribution in [0.2, 0.25) is 5.02 Å². The summed E-state index contributed by atoms with van der Waals surface area (Å²) in [5, 5.41) is 3.32. The molecule has 1 aromatic rings. The zero-order valence-electron chi connectivity index (χ0n) is 12.1. The van der Waals surface area contributed by atoms with Crippen LogP contribution in [-0.2, 0) is 9.53 Å². The van der Waals surface area contributed by atoms with Crippen molar-refractivity contribution < 1.29 is 14.3 Å². The van der Waals surface area contributed by atoms with Gasteiger partial charge in [-0.25, -0.2) is 4.79 Å². The van der Waals surface area contributed by atoms with Crippen molar-refractivity contribution >= 4 is 24.0 Å². The quantitative estimate of drug-likeness (QED) is 0.861. The molecule has 0 saturated heterocycles. The number of hydrogen-bond donors (Lipinski definition) is 1. The van der Waals surface area contributed by atoms with Crippen LogP contribution in [0.1, 0.15) is 39.3 Å². The Kier molecular flexibility index (Phi) is 5.57. The Balaban J connectivity index is 2.88. The van der Waals surface area contributed by atoms with Gasteiger partial charge in [0.05, 0.1) is 6.04 Å². The first-order chi connectivity index (χ1) is 9.23. The van der Waals surface area contributed by atoms with Crippen LogP contribution >= 0.6 is 11.6 Å². The van der Waals surface area contributed by atoms with E-state index in [1.165, 1.54) is 0 Å². The fourth-order valence-electron chi connectivity index (χ4n) is 1.70. The minimum Gasteiger partial charge on any atom is -0.444 e. The zero-order chi connectivity index (χ0) is 15.3. The molecule has 1 aromatic carbocycles. The average Bonchev–Trinajstić information content (AvgIpc) is 2.34. The summed E-state index contributed by atoms with van der Waals surface area (Å²) in [5.74, 6) is -0.372. The van der Waals surface area contributed by atoms with E-state index in [9.17, 15) is 9.59 Å². The molecule has 0 aliphatic heterocycles. The van der Waals surface area contributed by atoms with Crippen LogP contribution < -0.4 is 5.32 Å². The number of alkyl carbamates (subject to hydrolysis) is 1. The predicted octanol–water partition coefficient (Wildman–Crippen LogP) is 3.74. The number of nitrogens with one attached hydrogen (secondary N) is 1. The first kappa shape index (κ1) is 16.5. The first-order valence-corrected chi connectivity index (χ1v) is 6.81. The van der Waals surface area contributed by atoms with Gasteiger partial charge in [-0.2, -0.15) is 0 Å². The molecule has 2 atom stereocenters. The third-order valence-electron chi connectivity index (χ3n) is 2.64. The Morgan fingerprint density at radius 2 is 1.85 bits per heavy atom. The largest absolute Gasteiger partial charge is 0.444 e. The smallest absolute Gasteiger partial charge is 0.408 e. The van der Waals surface area contributed by atoms with Gasteiger partial charge in [0.1, 0.15) is 11.9 Å². The summed E-state index contributed by atoms with van der Waals surface area (Å²) in [7, 11) is 0. The molecule has 0 spiro atoms. The number of amides is 1. The molecule has 20 heavy (non-hydrogen) atoms. The van der Waals surface area contributed by atoms with Crippen LogP contribution in [0.5, 0.6) is 0 Å². The fraction of sp³-hybridized carbons (Fsp3) is 0.467. The maximum absolute atomic E-state index is 11.9. The van der Waals surface area contributed by atoms with Gasteiger partial charge in [-0.05, 0) is 38.5 Å². The maximum atomic E-state index is 11.9. The van der Waals surface area contributed by atoms with Crippen LogP contribution in [0.25, 0.3) is 0 Å². The molecule has 0 aliphatic carbocycles. The number of halogens is 1. The number of rotatable bonds is 4. The van der Waals surface area contributed by atoms with Gasteiger partial charge in [-0.15, -0.1) is 0 Å². The van der Waals surface area contributed by atoms with E-state index in [1.54, 1.807) is 52.0 Å². The topological polar surface area (TPSA) is 55.4 Å². The first-order valence-electron chi connectivity index (χ1n) is 6.43. The highest BCUT2D eigenvalue weighted by molar-refractivity contribution is 6.30. The number of aldehydes is 1. The molecule has 0 bridgehead atoms. The summed E-state index contributed by atoms with van der Waals surface area (Å²) in [5.41, 5.74) is 0.221. The highest BCUT2D eigenvalue weighted by atomic mass is 35.5. The van der Waals surface area contributed by atoms with Gasteiger partial charge in [0.2, 0.25) is 0 Å². The number of hydrogen-bond acceptors (Lipinski definition) is 3. The highest BCUT2D eigenvalue weighted by Crippen LogP contribution is 2.23. The van der Waals surface area contributed by atoms with Crippen LogP contribution in [0.3, 0.4) is 0 Å². The molecular formula is C15H20ClNO3. The minimum atomic E-state index is -0.584. The molecule has 0 saturated carbocycles. The Bertz CT molecular complexity index is 465. The van der Waals surface area contributed by atoms with E-state index in [-0.39, 0.29) is 5.92 Å². The van der Waals surface area contributed by atoms with Crippen LogP contribution in [0, 0.1) is 5.92 Å². The monoisotopic (exact) mass is 297 g/mol. The number of carbonyl (C=O) groups excluding carboxylic acids is 2. The number of ether oxygens (including phenoxy) is 1. The van der Waals surface area contributed by atoms with E-state index in [1.807, 2.05) is 0 Å². The lowest BCUT2D eigenvalue weighted by atomic mass is 9.96. The summed E-state index contributed by atoms with van der Waals surface area (Å²) in [4.78, 5) is 22.9. The van der Waals surface area contributed by atoms with Crippen LogP contribution in [0.4, 0.5) is 4.79 Å². The van der Waals surface area contributed by atoms with Crippen molar-refractivity contribution in [1.82, 2.24) is 5.32 Å². The third-order valence-corrected chi connectivity index (χ3v) is 2.89. The lowest BCUT2D eigenvalue weighted by molar-refractivity contribution is -0.111. The van der Waals surface area contributed by atoms with Crippen LogP contribution in [-0.4, -0.2) is 18.0 Å². The Morgan fingerprint density at radius 1 is 1.30 bits per heavy atom. The zero-order valence-corrected chi connectivity index (χ0v) is 12.9. The van der Waals surface area contributed by atoms with Crippen molar-refractivity contribution in [2.45, 2.75) is 39.3 Å². The molecule has 4 nitrogen and oxygen atoms in total. The van der Waals surface area contributed by atoms with E-state index in [4.69, 9.17) is 16.3 Å². The number of benzene rings is 1. The van der Waals surface area contributed by atoms with E-state index in [0.29, 0.717) is 5.02 Å². The van der Waals surface area contributed by atoms with Gasteiger partial charge >= 0.3 is 6.09 Å². The van der Waals surface area contributed by atoms with Gasteiger partial charge in [0.25, 0.3) is 0 Å². The van der Waals surface area contributed by atoms with Gasteiger partial charge < -0.3 is 14.8 Å². The molecule has 1 amide bonds. The van der Waals surface area contributed by atoms with Crippen molar-refractivity contribution in [2.24, 2.45) is 5.92 Å².